The minimum absolute atomic E-state index is 0.161. The van der Waals surface area contributed by atoms with E-state index in [1.165, 1.54) is 39.0 Å². The molecule has 1 aliphatic heterocycles. The van der Waals surface area contributed by atoms with Crippen LogP contribution in [0.1, 0.15) is 29.5 Å². The van der Waals surface area contributed by atoms with E-state index in [4.69, 9.17) is 24.2 Å². The van der Waals surface area contributed by atoms with Crippen LogP contribution in [0, 0.1) is 0 Å². The predicted molar refractivity (Wildman–Crippen MR) is 174 cm³/mol. The van der Waals surface area contributed by atoms with Gasteiger partial charge in [0.05, 0.1) is 39.8 Å². The first-order valence-electron chi connectivity index (χ1n) is 15.2. The monoisotopic (exact) mass is 647 g/mol. The minimum Gasteiger partial charge on any atom is -0.493 e. The molecule has 0 atom stereocenters. The van der Waals surface area contributed by atoms with Crippen molar-refractivity contribution in [1.82, 2.24) is 24.4 Å². The molecule has 0 amide bonds. The number of halogens is 3. The van der Waals surface area contributed by atoms with E-state index in [1.54, 1.807) is 23.0 Å². The van der Waals surface area contributed by atoms with Gasteiger partial charge in [-0.05, 0) is 36.1 Å². The van der Waals surface area contributed by atoms with E-state index < -0.39 is 11.7 Å². The number of benzene rings is 3. The molecule has 0 unspecified atom stereocenters. The molecule has 0 spiro atoms. The highest BCUT2D eigenvalue weighted by molar-refractivity contribution is 5.85. The molecule has 0 aliphatic carbocycles. The number of anilines is 3. The maximum atomic E-state index is 13.2. The summed E-state index contributed by atoms with van der Waals surface area (Å²) in [5.41, 5.74) is 2.97. The average molecular weight is 648 g/mol. The number of piperidine rings is 1. The van der Waals surface area contributed by atoms with Crippen LogP contribution in [0.25, 0.3) is 11.2 Å². The lowest BCUT2D eigenvalue weighted by atomic mass is 10.0. The van der Waals surface area contributed by atoms with Gasteiger partial charge >= 0.3 is 6.18 Å². The largest absolute Gasteiger partial charge is 0.493 e. The van der Waals surface area contributed by atoms with Gasteiger partial charge in [-0.2, -0.15) is 23.1 Å². The lowest BCUT2D eigenvalue weighted by molar-refractivity contribution is -0.137. The summed E-state index contributed by atoms with van der Waals surface area (Å²) < 4.78 is 57.7. The van der Waals surface area contributed by atoms with Crippen LogP contribution < -0.4 is 24.8 Å². The van der Waals surface area contributed by atoms with Gasteiger partial charge in [0.1, 0.15) is 0 Å². The van der Waals surface area contributed by atoms with Gasteiger partial charge in [-0.3, -0.25) is 4.90 Å². The quantitative estimate of drug-likeness (QED) is 0.162. The lowest BCUT2D eigenvalue weighted by Gasteiger charge is -2.32. The Bertz CT molecular complexity index is 1780. The number of hydrogen-bond donors (Lipinski definition) is 2. The molecule has 5 aromatic rings. The SMILES string of the molecule is COc1cc(Nc2nc(NC3CCN(Cc4ccccc4)CC3)c3ncn(Cc4ccc(C(F)(F)F)cc4)c3n2)cc(OC)c1OC. The number of ether oxygens (including phenoxy) is 3. The number of methoxy groups -OCH3 is 3. The molecule has 3 aromatic carbocycles. The molecule has 6 rings (SSSR count). The summed E-state index contributed by atoms with van der Waals surface area (Å²) in [4.78, 5) is 16.7. The number of rotatable bonds is 11. The summed E-state index contributed by atoms with van der Waals surface area (Å²) >= 11 is 0. The summed E-state index contributed by atoms with van der Waals surface area (Å²) in [5.74, 6) is 2.24. The Labute approximate surface area is 270 Å². The van der Waals surface area contributed by atoms with Crippen molar-refractivity contribution in [2.45, 2.75) is 38.1 Å². The molecule has 2 N–H and O–H groups in total. The predicted octanol–water partition coefficient (Wildman–Crippen LogP) is 6.74. The number of fused-ring (bicyclic) bond motifs is 1. The van der Waals surface area contributed by atoms with Crippen molar-refractivity contribution in [2.75, 3.05) is 45.1 Å². The summed E-state index contributed by atoms with van der Waals surface area (Å²) in [6.45, 7) is 3.04. The number of alkyl halides is 3. The molecule has 3 heterocycles. The molecule has 1 aliphatic rings. The van der Waals surface area contributed by atoms with E-state index in [-0.39, 0.29) is 12.6 Å². The molecule has 2 aromatic heterocycles. The highest BCUT2D eigenvalue weighted by Gasteiger charge is 2.30. The molecular formula is C34H36F3N7O3. The van der Waals surface area contributed by atoms with Gasteiger partial charge < -0.3 is 29.4 Å². The maximum Gasteiger partial charge on any atom is 0.416 e. The third-order valence-corrected chi connectivity index (χ3v) is 8.20. The Hall–Kier alpha value is -5.04. The molecule has 47 heavy (non-hydrogen) atoms. The maximum absolute atomic E-state index is 13.2. The Morgan fingerprint density at radius 2 is 1.49 bits per heavy atom. The summed E-state index contributed by atoms with van der Waals surface area (Å²) in [7, 11) is 4.61. The van der Waals surface area contributed by atoms with Crippen LogP contribution in [-0.4, -0.2) is 64.9 Å². The standard InChI is InChI=1S/C34H36F3N7O3/c1-45-27-17-26(18-28(46-2)30(27)47-3)40-33-41-31(39-25-13-15-43(16-14-25)19-22-7-5-4-6-8-22)29-32(42-33)44(21-38-29)20-23-9-11-24(12-10-23)34(35,36)37/h4-12,17-18,21,25H,13-16,19-20H2,1-3H3,(H2,39,40,41,42). The summed E-state index contributed by atoms with van der Waals surface area (Å²) in [6, 6.07) is 19.2. The minimum atomic E-state index is -4.40. The molecule has 246 valence electrons. The molecule has 0 saturated carbocycles. The second-order valence-corrected chi connectivity index (χ2v) is 11.4. The van der Waals surface area contributed by atoms with E-state index in [9.17, 15) is 13.2 Å². The first-order valence-corrected chi connectivity index (χ1v) is 15.2. The number of aromatic nitrogens is 4. The zero-order valence-corrected chi connectivity index (χ0v) is 26.3. The number of nitrogens with zero attached hydrogens (tertiary/aromatic N) is 5. The van der Waals surface area contributed by atoms with E-state index in [0.717, 1.165) is 44.6 Å². The lowest BCUT2D eigenvalue weighted by Crippen LogP contribution is -2.38. The molecule has 1 fully saturated rings. The van der Waals surface area contributed by atoms with Crippen molar-refractivity contribution in [2.24, 2.45) is 0 Å². The molecular weight excluding hydrogens is 611 g/mol. The number of imidazole rings is 1. The van der Waals surface area contributed by atoms with Crippen molar-refractivity contribution in [3.8, 4) is 17.2 Å². The summed E-state index contributed by atoms with van der Waals surface area (Å²) in [6.07, 6.45) is -0.937. The fraction of sp³-hybridized carbons (Fsp3) is 0.324. The smallest absolute Gasteiger partial charge is 0.416 e. The van der Waals surface area contributed by atoms with Crippen molar-refractivity contribution in [3.05, 3.63) is 89.7 Å². The fourth-order valence-electron chi connectivity index (χ4n) is 5.77. The van der Waals surface area contributed by atoms with Crippen LogP contribution in [0.5, 0.6) is 17.2 Å². The molecule has 13 heteroatoms. The van der Waals surface area contributed by atoms with Crippen molar-refractivity contribution >= 4 is 28.6 Å². The number of likely N-dealkylation sites (tertiary alicyclic amines) is 1. The van der Waals surface area contributed by atoms with Crippen LogP contribution in [0.15, 0.2) is 73.1 Å². The zero-order chi connectivity index (χ0) is 33.0. The third kappa shape index (κ3) is 7.35. The normalized spacial score (nSPS) is 14.3. The first-order chi connectivity index (χ1) is 22.7. The van der Waals surface area contributed by atoms with E-state index in [1.807, 2.05) is 6.07 Å². The van der Waals surface area contributed by atoms with Gasteiger partial charge in [-0.15, -0.1) is 0 Å². The Morgan fingerprint density at radius 1 is 0.830 bits per heavy atom. The van der Waals surface area contributed by atoms with Crippen LogP contribution in [0.4, 0.5) is 30.6 Å². The second kappa shape index (κ2) is 13.8. The number of hydrogen-bond acceptors (Lipinski definition) is 9. The topological polar surface area (TPSA) is 98.6 Å². The molecule has 0 radical (unpaired) electrons. The van der Waals surface area contributed by atoms with Crippen LogP contribution in [0.3, 0.4) is 0 Å². The van der Waals surface area contributed by atoms with Crippen LogP contribution >= 0.6 is 0 Å². The third-order valence-electron chi connectivity index (χ3n) is 8.20. The number of nitrogens with one attached hydrogen (secondary N) is 2. The highest BCUT2D eigenvalue weighted by atomic mass is 19.4. The fourth-order valence-corrected chi connectivity index (χ4v) is 5.77. The Balaban J connectivity index is 1.29. The van der Waals surface area contributed by atoms with Gasteiger partial charge in [0, 0.05) is 43.5 Å². The van der Waals surface area contributed by atoms with Gasteiger partial charge in [0.25, 0.3) is 0 Å². The summed E-state index contributed by atoms with van der Waals surface area (Å²) in [5, 5.41) is 6.87. The van der Waals surface area contributed by atoms with Crippen molar-refractivity contribution in [1.29, 1.82) is 0 Å². The Morgan fingerprint density at radius 3 is 2.11 bits per heavy atom. The van der Waals surface area contributed by atoms with Gasteiger partial charge in [0.15, 0.2) is 28.5 Å². The van der Waals surface area contributed by atoms with Crippen molar-refractivity contribution < 1.29 is 27.4 Å². The van der Waals surface area contributed by atoms with Crippen LogP contribution in [-0.2, 0) is 19.3 Å². The van der Waals surface area contributed by atoms with E-state index in [0.29, 0.717) is 51.4 Å². The first kappa shape index (κ1) is 31.9. The van der Waals surface area contributed by atoms with Crippen LogP contribution in [0.2, 0.25) is 0 Å². The average Bonchev–Trinajstić information content (AvgIpc) is 3.48. The van der Waals surface area contributed by atoms with E-state index >= 15 is 0 Å². The molecule has 0 bridgehead atoms. The molecule has 1 saturated heterocycles. The molecule has 10 nitrogen and oxygen atoms in total. The van der Waals surface area contributed by atoms with Gasteiger partial charge in [-0.25, -0.2) is 4.98 Å². The Kier molecular flexibility index (Phi) is 9.34. The zero-order valence-electron chi connectivity index (χ0n) is 26.3. The van der Waals surface area contributed by atoms with E-state index in [2.05, 4.69) is 44.8 Å². The van der Waals surface area contributed by atoms with Gasteiger partial charge in [0.2, 0.25) is 11.7 Å². The van der Waals surface area contributed by atoms with Crippen molar-refractivity contribution in [3.63, 3.8) is 0 Å². The highest BCUT2D eigenvalue weighted by Crippen LogP contribution is 2.40. The second-order valence-electron chi connectivity index (χ2n) is 11.4. The van der Waals surface area contributed by atoms with Gasteiger partial charge in [-0.1, -0.05) is 42.5 Å².